The predicted octanol–water partition coefficient (Wildman–Crippen LogP) is 2.02. The number of hydrogen-bond donors (Lipinski definition) is 1. The summed E-state index contributed by atoms with van der Waals surface area (Å²) in [5.41, 5.74) is 3.01. The first-order valence-electron chi connectivity index (χ1n) is 11.0. The highest BCUT2D eigenvalue weighted by Gasteiger charge is 2.22. The van der Waals surface area contributed by atoms with Crippen LogP contribution in [0.5, 0.6) is 17.2 Å². The number of hydrogen-bond acceptors (Lipinski definition) is 6. The molecule has 0 aromatic heterocycles. The third kappa shape index (κ3) is 6.61. The van der Waals surface area contributed by atoms with E-state index in [1.54, 1.807) is 33.5 Å². The summed E-state index contributed by atoms with van der Waals surface area (Å²) in [6.07, 6.45) is 0.411. The Morgan fingerprint density at radius 1 is 0.879 bits per heavy atom. The molecule has 1 fully saturated rings. The van der Waals surface area contributed by atoms with Crippen LogP contribution in [0, 0.1) is 6.92 Å². The Labute approximate surface area is 195 Å². The molecule has 2 amide bonds. The lowest BCUT2D eigenvalue weighted by Gasteiger charge is -2.34. The zero-order valence-corrected chi connectivity index (χ0v) is 19.8. The largest absolute Gasteiger partial charge is 0.496 e. The monoisotopic (exact) mass is 455 g/mol. The van der Waals surface area contributed by atoms with E-state index in [9.17, 15) is 9.59 Å². The molecule has 1 N–H and O–H groups in total. The molecular weight excluding hydrogens is 422 g/mol. The Hall–Kier alpha value is -3.26. The highest BCUT2D eigenvalue weighted by molar-refractivity contribution is 5.79. The molecule has 0 spiro atoms. The summed E-state index contributed by atoms with van der Waals surface area (Å²) in [5.74, 6) is 1.82. The van der Waals surface area contributed by atoms with Gasteiger partial charge in [0.2, 0.25) is 11.8 Å². The Bertz CT molecular complexity index is 953. The van der Waals surface area contributed by atoms with Crippen molar-refractivity contribution in [3.05, 3.63) is 53.1 Å². The Kier molecular flexibility index (Phi) is 8.54. The second-order valence-electron chi connectivity index (χ2n) is 8.12. The molecular formula is C25H33N3O5. The maximum Gasteiger partial charge on any atom is 0.234 e. The van der Waals surface area contributed by atoms with Gasteiger partial charge in [0.05, 0.1) is 34.3 Å². The number of piperazine rings is 1. The molecule has 0 bridgehead atoms. The van der Waals surface area contributed by atoms with Crippen LogP contribution in [0.3, 0.4) is 0 Å². The van der Waals surface area contributed by atoms with Crippen LogP contribution in [0.15, 0.2) is 36.4 Å². The first-order chi connectivity index (χ1) is 15.9. The summed E-state index contributed by atoms with van der Waals surface area (Å²) < 4.78 is 16.1. The number of rotatable bonds is 9. The summed E-state index contributed by atoms with van der Waals surface area (Å²) in [7, 11) is 4.71. The number of carbonyl (C=O) groups excluding carboxylic acids is 2. The fourth-order valence-electron chi connectivity index (χ4n) is 3.83. The molecule has 0 atom stereocenters. The normalized spacial score (nSPS) is 14.0. The van der Waals surface area contributed by atoms with E-state index in [1.807, 2.05) is 36.1 Å². The summed E-state index contributed by atoms with van der Waals surface area (Å²) >= 11 is 0. The Morgan fingerprint density at radius 2 is 1.48 bits per heavy atom. The van der Waals surface area contributed by atoms with E-state index in [0.717, 1.165) is 11.1 Å². The smallest absolute Gasteiger partial charge is 0.234 e. The minimum Gasteiger partial charge on any atom is -0.496 e. The lowest BCUT2D eigenvalue weighted by molar-refractivity contribution is -0.132. The Balaban J connectivity index is 1.46. The van der Waals surface area contributed by atoms with Crippen molar-refractivity contribution in [2.45, 2.75) is 19.9 Å². The fourth-order valence-corrected chi connectivity index (χ4v) is 3.83. The molecule has 1 heterocycles. The first kappa shape index (κ1) is 24.4. The molecule has 0 radical (unpaired) electrons. The van der Waals surface area contributed by atoms with Crippen LogP contribution in [-0.4, -0.2) is 75.7 Å². The summed E-state index contributed by atoms with van der Waals surface area (Å²) in [4.78, 5) is 29.1. The molecule has 2 aromatic carbocycles. The average Bonchev–Trinajstić information content (AvgIpc) is 2.83. The van der Waals surface area contributed by atoms with Crippen molar-refractivity contribution in [2.75, 3.05) is 54.1 Å². The van der Waals surface area contributed by atoms with Gasteiger partial charge in [-0.25, -0.2) is 0 Å². The highest BCUT2D eigenvalue weighted by atomic mass is 16.5. The van der Waals surface area contributed by atoms with E-state index in [0.29, 0.717) is 56.4 Å². The number of aryl methyl sites for hydroxylation is 1. The van der Waals surface area contributed by atoms with Crippen molar-refractivity contribution >= 4 is 11.8 Å². The van der Waals surface area contributed by atoms with Gasteiger partial charge in [-0.05, 0) is 18.6 Å². The van der Waals surface area contributed by atoms with Gasteiger partial charge in [0.1, 0.15) is 5.75 Å². The van der Waals surface area contributed by atoms with Crippen LogP contribution in [0.4, 0.5) is 0 Å². The summed E-state index contributed by atoms with van der Waals surface area (Å²) in [6, 6.07) is 11.6. The fraction of sp³-hybridized carbons (Fsp3) is 0.440. The molecule has 8 nitrogen and oxygen atoms in total. The van der Waals surface area contributed by atoms with Crippen LogP contribution in [0.25, 0.3) is 0 Å². The number of methoxy groups -OCH3 is 3. The summed E-state index contributed by atoms with van der Waals surface area (Å²) in [5, 5.41) is 2.94. The average molecular weight is 456 g/mol. The number of benzene rings is 2. The zero-order chi connectivity index (χ0) is 23.8. The molecule has 178 valence electrons. The zero-order valence-electron chi connectivity index (χ0n) is 19.8. The second-order valence-corrected chi connectivity index (χ2v) is 8.12. The molecule has 0 aliphatic carbocycles. The van der Waals surface area contributed by atoms with E-state index >= 15 is 0 Å². The van der Waals surface area contributed by atoms with Crippen LogP contribution in [0.1, 0.15) is 16.7 Å². The third-order valence-corrected chi connectivity index (χ3v) is 5.83. The minimum absolute atomic E-state index is 0.0775. The molecule has 1 saturated heterocycles. The van der Waals surface area contributed by atoms with Gasteiger partial charge >= 0.3 is 0 Å². The standard InChI is InChI=1S/C25H33N3O5/c1-18-5-7-19(8-6-18)13-25(30)28-11-9-27(10-12-28)17-24(29)26-16-20-14-22(32-3)23(33-4)15-21(20)31-2/h5-8,14-15H,9-13,16-17H2,1-4H3,(H,26,29). The third-order valence-electron chi connectivity index (χ3n) is 5.83. The van der Waals surface area contributed by atoms with Gasteiger partial charge < -0.3 is 24.4 Å². The number of ether oxygens (including phenoxy) is 3. The number of amides is 2. The highest BCUT2D eigenvalue weighted by Crippen LogP contribution is 2.34. The minimum atomic E-state index is -0.0775. The van der Waals surface area contributed by atoms with Crippen LogP contribution in [-0.2, 0) is 22.6 Å². The van der Waals surface area contributed by atoms with Crippen molar-refractivity contribution in [1.82, 2.24) is 15.1 Å². The van der Waals surface area contributed by atoms with Crippen molar-refractivity contribution in [3.8, 4) is 17.2 Å². The Morgan fingerprint density at radius 3 is 2.09 bits per heavy atom. The van der Waals surface area contributed by atoms with Gasteiger partial charge in [-0.15, -0.1) is 0 Å². The number of nitrogens with zero attached hydrogens (tertiary/aromatic N) is 2. The molecule has 2 aromatic rings. The molecule has 3 rings (SSSR count). The van der Waals surface area contributed by atoms with Gasteiger partial charge in [0.15, 0.2) is 11.5 Å². The maximum absolute atomic E-state index is 12.6. The van der Waals surface area contributed by atoms with E-state index in [1.165, 1.54) is 5.56 Å². The van der Waals surface area contributed by atoms with E-state index in [-0.39, 0.29) is 18.4 Å². The van der Waals surface area contributed by atoms with E-state index in [4.69, 9.17) is 14.2 Å². The molecule has 33 heavy (non-hydrogen) atoms. The van der Waals surface area contributed by atoms with Gasteiger partial charge in [-0.1, -0.05) is 29.8 Å². The summed E-state index contributed by atoms with van der Waals surface area (Å²) in [6.45, 7) is 5.24. The van der Waals surface area contributed by atoms with Crippen LogP contribution in [0.2, 0.25) is 0 Å². The van der Waals surface area contributed by atoms with Crippen molar-refractivity contribution in [1.29, 1.82) is 0 Å². The van der Waals surface area contributed by atoms with Crippen molar-refractivity contribution in [3.63, 3.8) is 0 Å². The van der Waals surface area contributed by atoms with Crippen LogP contribution >= 0.6 is 0 Å². The quantitative estimate of drug-likeness (QED) is 0.623. The van der Waals surface area contributed by atoms with Crippen LogP contribution < -0.4 is 19.5 Å². The number of nitrogens with one attached hydrogen (secondary N) is 1. The van der Waals surface area contributed by atoms with E-state index < -0.39 is 0 Å². The topological polar surface area (TPSA) is 80.3 Å². The molecule has 1 aliphatic heterocycles. The van der Waals surface area contributed by atoms with Crippen molar-refractivity contribution < 1.29 is 23.8 Å². The number of carbonyl (C=O) groups is 2. The SMILES string of the molecule is COc1cc(OC)c(OC)cc1CNC(=O)CN1CCN(C(=O)Cc2ccc(C)cc2)CC1. The second kappa shape index (κ2) is 11.6. The van der Waals surface area contributed by atoms with Gasteiger partial charge in [-0.2, -0.15) is 0 Å². The molecule has 0 unspecified atom stereocenters. The van der Waals surface area contributed by atoms with E-state index in [2.05, 4.69) is 10.2 Å². The lowest BCUT2D eigenvalue weighted by Crippen LogP contribution is -2.51. The molecule has 8 heteroatoms. The maximum atomic E-state index is 12.6. The van der Waals surface area contributed by atoms with Gasteiger partial charge in [0.25, 0.3) is 0 Å². The lowest BCUT2D eigenvalue weighted by atomic mass is 10.1. The van der Waals surface area contributed by atoms with Gasteiger partial charge in [0, 0.05) is 44.4 Å². The molecule has 1 aliphatic rings. The molecule has 0 saturated carbocycles. The predicted molar refractivity (Wildman–Crippen MR) is 126 cm³/mol. The first-order valence-corrected chi connectivity index (χ1v) is 11.0. The van der Waals surface area contributed by atoms with Gasteiger partial charge in [-0.3, -0.25) is 14.5 Å². The van der Waals surface area contributed by atoms with Crippen molar-refractivity contribution in [2.24, 2.45) is 0 Å².